The van der Waals surface area contributed by atoms with E-state index in [0.29, 0.717) is 0 Å². The van der Waals surface area contributed by atoms with Gasteiger partial charge in [-0.1, -0.05) is 47.5 Å². The molecule has 0 aliphatic carbocycles. The first-order valence-electron chi connectivity index (χ1n) is 7.69. The van der Waals surface area contributed by atoms with Crippen LogP contribution in [0.5, 0.6) is 0 Å². The monoisotopic (exact) mass is 241 g/mol. The van der Waals surface area contributed by atoms with Gasteiger partial charge in [-0.2, -0.15) is 0 Å². The maximum Gasteiger partial charge on any atom is -0.00488 e. The van der Waals surface area contributed by atoms with Crippen LogP contribution in [0.25, 0.3) is 0 Å². The molecule has 17 heavy (non-hydrogen) atoms. The molecule has 2 N–H and O–H groups in total. The number of rotatable bonds is 10. The maximum absolute atomic E-state index is 5.87. The molecule has 3 unspecified atom stereocenters. The standard InChI is InChI=1S/C16H35N/c1-6-7-8-16(12-17)11-15(5)10-14(4)9-13(2)3/h13-16H,6-12,17H2,1-5H3. The van der Waals surface area contributed by atoms with Gasteiger partial charge in [-0.3, -0.25) is 0 Å². The summed E-state index contributed by atoms with van der Waals surface area (Å²) in [4.78, 5) is 0. The van der Waals surface area contributed by atoms with Crippen LogP contribution in [0.15, 0.2) is 0 Å². The third-order valence-electron chi connectivity index (χ3n) is 3.71. The van der Waals surface area contributed by atoms with E-state index in [1.54, 1.807) is 0 Å². The zero-order valence-electron chi connectivity index (χ0n) is 12.8. The van der Waals surface area contributed by atoms with Crippen molar-refractivity contribution in [3.8, 4) is 0 Å². The largest absolute Gasteiger partial charge is 0.330 e. The van der Waals surface area contributed by atoms with Crippen LogP contribution in [0.1, 0.15) is 73.1 Å². The van der Waals surface area contributed by atoms with Crippen molar-refractivity contribution in [3.63, 3.8) is 0 Å². The van der Waals surface area contributed by atoms with Gasteiger partial charge < -0.3 is 5.73 Å². The normalized spacial score (nSPS) is 17.1. The van der Waals surface area contributed by atoms with E-state index >= 15 is 0 Å². The molecule has 0 aliphatic heterocycles. The van der Waals surface area contributed by atoms with Crippen molar-refractivity contribution in [3.05, 3.63) is 0 Å². The Hall–Kier alpha value is -0.0400. The van der Waals surface area contributed by atoms with Crippen LogP contribution in [0, 0.1) is 23.7 Å². The quantitative estimate of drug-likeness (QED) is 0.581. The molecular formula is C16H35N. The highest BCUT2D eigenvalue weighted by Gasteiger charge is 2.15. The predicted octanol–water partition coefficient (Wildman–Crippen LogP) is 4.85. The van der Waals surface area contributed by atoms with Crippen LogP contribution in [0.2, 0.25) is 0 Å². The van der Waals surface area contributed by atoms with Gasteiger partial charge in [0.25, 0.3) is 0 Å². The summed E-state index contributed by atoms with van der Waals surface area (Å²) in [6, 6.07) is 0. The number of hydrogen-bond donors (Lipinski definition) is 1. The van der Waals surface area contributed by atoms with E-state index in [4.69, 9.17) is 5.73 Å². The molecule has 0 aliphatic rings. The lowest BCUT2D eigenvalue weighted by Crippen LogP contribution is -2.18. The lowest BCUT2D eigenvalue weighted by atomic mass is 9.84. The Morgan fingerprint density at radius 1 is 0.882 bits per heavy atom. The minimum Gasteiger partial charge on any atom is -0.330 e. The molecule has 104 valence electrons. The van der Waals surface area contributed by atoms with Gasteiger partial charge in [-0.25, -0.2) is 0 Å². The molecule has 0 rings (SSSR count). The molecule has 0 bridgehead atoms. The van der Waals surface area contributed by atoms with Gasteiger partial charge in [0.15, 0.2) is 0 Å². The van der Waals surface area contributed by atoms with E-state index < -0.39 is 0 Å². The Morgan fingerprint density at radius 2 is 1.47 bits per heavy atom. The van der Waals surface area contributed by atoms with Crippen molar-refractivity contribution >= 4 is 0 Å². The fourth-order valence-electron chi connectivity index (χ4n) is 3.08. The summed E-state index contributed by atoms with van der Waals surface area (Å²) in [5, 5.41) is 0. The maximum atomic E-state index is 5.87. The van der Waals surface area contributed by atoms with Crippen LogP contribution in [0.4, 0.5) is 0 Å². The predicted molar refractivity (Wildman–Crippen MR) is 79.1 cm³/mol. The summed E-state index contributed by atoms with van der Waals surface area (Å²) >= 11 is 0. The van der Waals surface area contributed by atoms with E-state index in [9.17, 15) is 0 Å². The molecule has 1 nitrogen and oxygen atoms in total. The summed E-state index contributed by atoms with van der Waals surface area (Å²) in [5.41, 5.74) is 5.87. The summed E-state index contributed by atoms with van der Waals surface area (Å²) < 4.78 is 0. The first-order chi connectivity index (χ1) is 7.99. The second-order valence-electron chi connectivity index (χ2n) is 6.56. The highest BCUT2D eigenvalue weighted by molar-refractivity contribution is 4.67. The fourth-order valence-corrected chi connectivity index (χ4v) is 3.08. The molecule has 0 saturated heterocycles. The van der Waals surface area contributed by atoms with Crippen LogP contribution in [-0.2, 0) is 0 Å². The van der Waals surface area contributed by atoms with Gasteiger partial charge >= 0.3 is 0 Å². The minimum absolute atomic E-state index is 0.760. The van der Waals surface area contributed by atoms with Gasteiger partial charge in [0, 0.05) is 0 Å². The summed E-state index contributed by atoms with van der Waals surface area (Å²) in [5.74, 6) is 3.31. The zero-order valence-corrected chi connectivity index (χ0v) is 12.8. The Labute approximate surface area is 110 Å². The van der Waals surface area contributed by atoms with Crippen molar-refractivity contribution in [2.75, 3.05) is 6.54 Å². The van der Waals surface area contributed by atoms with Gasteiger partial charge in [-0.15, -0.1) is 0 Å². The smallest absolute Gasteiger partial charge is 0.00488 e. The molecule has 0 spiro atoms. The Morgan fingerprint density at radius 3 is 1.94 bits per heavy atom. The van der Waals surface area contributed by atoms with Crippen molar-refractivity contribution in [2.24, 2.45) is 29.4 Å². The highest BCUT2D eigenvalue weighted by Crippen LogP contribution is 2.25. The number of hydrogen-bond acceptors (Lipinski definition) is 1. The molecular weight excluding hydrogens is 206 g/mol. The summed E-state index contributed by atoms with van der Waals surface area (Å²) in [7, 11) is 0. The molecule has 3 atom stereocenters. The van der Waals surface area contributed by atoms with Crippen molar-refractivity contribution < 1.29 is 0 Å². The van der Waals surface area contributed by atoms with Gasteiger partial charge in [-0.05, 0) is 55.9 Å². The average molecular weight is 241 g/mol. The molecule has 0 aromatic heterocycles. The number of nitrogens with two attached hydrogens (primary N) is 1. The zero-order chi connectivity index (χ0) is 13.3. The molecule has 0 radical (unpaired) electrons. The first-order valence-corrected chi connectivity index (χ1v) is 7.69. The van der Waals surface area contributed by atoms with Crippen LogP contribution in [0.3, 0.4) is 0 Å². The first kappa shape index (κ1) is 17.0. The SMILES string of the molecule is CCCCC(CN)CC(C)CC(C)CC(C)C. The third kappa shape index (κ3) is 9.64. The molecule has 0 aromatic rings. The van der Waals surface area contributed by atoms with Crippen LogP contribution < -0.4 is 5.73 Å². The summed E-state index contributed by atoms with van der Waals surface area (Å²) in [6.45, 7) is 12.6. The minimum atomic E-state index is 0.760. The van der Waals surface area contributed by atoms with Crippen molar-refractivity contribution in [1.82, 2.24) is 0 Å². The molecule has 0 heterocycles. The second kappa shape index (κ2) is 9.94. The van der Waals surface area contributed by atoms with E-state index in [2.05, 4.69) is 34.6 Å². The van der Waals surface area contributed by atoms with Crippen molar-refractivity contribution in [1.29, 1.82) is 0 Å². The molecule has 0 amide bonds. The second-order valence-corrected chi connectivity index (χ2v) is 6.56. The lowest BCUT2D eigenvalue weighted by molar-refractivity contribution is 0.297. The Bertz CT molecular complexity index is 165. The van der Waals surface area contributed by atoms with Crippen molar-refractivity contribution in [2.45, 2.75) is 73.1 Å². The Kier molecular flexibility index (Phi) is 9.91. The number of unbranched alkanes of at least 4 members (excludes halogenated alkanes) is 1. The Balaban J connectivity index is 3.84. The van der Waals surface area contributed by atoms with E-state index in [-0.39, 0.29) is 0 Å². The third-order valence-corrected chi connectivity index (χ3v) is 3.71. The van der Waals surface area contributed by atoms with Gasteiger partial charge in [0.05, 0.1) is 0 Å². The van der Waals surface area contributed by atoms with E-state index in [1.807, 2.05) is 0 Å². The highest BCUT2D eigenvalue weighted by atomic mass is 14.5. The average Bonchev–Trinajstić information content (AvgIpc) is 2.22. The fraction of sp³-hybridized carbons (Fsp3) is 1.00. The summed E-state index contributed by atoms with van der Waals surface area (Å²) in [6.07, 6.45) is 8.05. The van der Waals surface area contributed by atoms with Crippen LogP contribution >= 0.6 is 0 Å². The lowest BCUT2D eigenvalue weighted by Gasteiger charge is -2.23. The van der Waals surface area contributed by atoms with E-state index in [1.165, 1.54) is 38.5 Å². The van der Waals surface area contributed by atoms with Gasteiger partial charge in [0.2, 0.25) is 0 Å². The molecule has 0 saturated carbocycles. The van der Waals surface area contributed by atoms with E-state index in [0.717, 1.165) is 30.2 Å². The molecule has 0 fully saturated rings. The molecule has 0 aromatic carbocycles. The molecule has 1 heteroatoms. The van der Waals surface area contributed by atoms with Crippen LogP contribution in [-0.4, -0.2) is 6.54 Å². The topological polar surface area (TPSA) is 26.0 Å². The van der Waals surface area contributed by atoms with Gasteiger partial charge in [0.1, 0.15) is 0 Å².